The number of benzene rings is 1. The standard InChI is InChI=1S/C12H10FN3O4/c1-6-11(16(19)20)7(2)15(14-6)9-5-3-4-8(13)10(9)12(17)18/h3-5H,1-2H3,(H,17,18). The van der Waals surface area contributed by atoms with Crippen LogP contribution in [0.1, 0.15) is 21.7 Å². The minimum Gasteiger partial charge on any atom is -0.478 e. The monoisotopic (exact) mass is 279 g/mol. The fourth-order valence-corrected chi connectivity index (χ4v) is 2.03. The van der Waals surface area contributed by atoms with Gasteiger partial charge in [-0.3, -0.25) is 10.1 Å². The number of carboxylic acid groups (broad SMARTS) is 1. The van der Waals surface area contributed by atoms with Gasteiger partial charge in [0.2, 0.25) is 0 Å². The van der Waals surface area contributed by atoms with Gasteiger partial charge in [0.1, 0.15) is 22.8 Å². The summed E-state index contributed by atoms with van der Waals surface area (Å²) in [7, 11) is 0. The number of nitro groups is 1. The van der Waals surface area contributed by atoms with Crippen molar-refractivity contribution in [3.63, 3.8) is 0 Å². The van der Waals surface area contributed by atoms with Gasteiger partial charge in [0.25, 0.3) is 0 Å². The van der Waals surface area contributed by atoms with E-state index in [1.165, 1.54) is 26.0 Å². The first-order chi connectivity index (χ1) is 9.34. The predicted molar refractivity (Wildman–Crippen MR) is 66.6 cm³/mol. The van der Waals surface area contributed by atoms with Crippen LogP contribution in [0.25, 0.3) is 5.69 Å². The number of halogens is 1. The van der Waals surface area contributed by atoms with Gasteiger partial charge >= 0.3 is 11.7 Å². The summed E-state index contributed by atoms with van der Waals surface area (Å²) in [5, 5.41) is 23.9. The molecule has 0 bridgehead atoms. The van der Waals surface area contributed by atoms with Crippen LogP contribution in [0.3, 0.4) is 0 Å². The van der Waals surface area contributed by atoms with Gasteiger partial charge < -0.3 is 5.11 Å². The fraction of sp³-hybridized carbons (Fsp3) is 0.167. The molecule has 1 heterocycles. The number of carbonyl (C=O) groups is 1. The van der Waals surface area contributed by atoms with Crippen LogP contribution in [-0.4, -0.2) is 25.8 Å². The second-order valence-electron chi connectivity index (χ2n) is 4.13. The zero-order valence-corrected chi connectivity index (χ0v) is 10.6. The van der Waals surface area contributed by atoms with E-state index in [0.717, 1.165) is 10.7 Å². The molecule has 0 spiro atoms. The van der Waals surface area contributed by atoms with Crippen LogP contribution < -0.4 is 0 Å². The summed E-state index contributed by atoms with van der Waals surface area (Å²) in [4.78, 5) is 21.5. The summed E-state index contributed by atoms with van der Waals surface area (Å²) in [5.74, 6) is -2.39. The quantitative estimate of drug-likeness (QED) is 0.686. The summed E-state index contributed by atoms with van der Waals surface area (Å²) in [5.41, 5.74) is -0.571. The topological polar surface area (TPSA) is 98.3 Å². The molecule has 104 valence electrons. The lowest BCUT2D eigenvalue weighted by molar-refractivity contribution is -0.386. The molecule has 0 radical (unpaired) electrons. The number of nitrogens with zero attached hydrogens (tertiary/aromatic N) is 3. The highest BCUT2D eigenvalue weighted by molar-refractivity contribution is 5.92. The van der Waals surface area contributed by atoms with Crippen molar-refractivity contribution in [2.24, 2.45) is 0 Å². The van der Waals surface area contributed by atoms with Gasteiger partial charge in [-0.15, -0.1) is 0 Å². The fourth-order valence-electron chi connectivity index (χ4n) is 2.03. The van der Waals surface area contributed by atoms with Gasteiger partial charge in [-0.05, 0) is 26.0 Å². The van der Waals surface area contributed by atoms with Crippen LogP contribution >= 0.6 is 0 Å². The highest BCUT2D eigenvalue weighted by atomic mass is 19.1. The summed E-state index contributed by atoms with van der Waals surface area (Å²) >= 11 is 0. The molecule has 0 saturated heterocycles. The van der Waals surface area contributed by atoms with Crippen molar-refractivity contribution in [1.82, 2.24) is 9.78 Å². The molecule has 0 atom stereocenters. The van der Waals surface area contributed by atoms with Gasteiger partial charge in [-0.1, -0.05) is 6.07 Å². The maximum Gasteiger partial charge on any atom is 0.340 e. The molecule has 2 aromatic rings. The van der Waals surface area contributed by atoms with E-state index in [-0.39, 0.29) is 22.8 Å². The number of rotatable bonds is 3. The molecule has 2 rings (SSSR count). The zero-order chi connectivity index (χ0) is 15.0. The Balaban J connectivity index is 2.77. The first-order valence-electron chi connectivity index (χ1n) is 5.57. The van der Waals surface area contributed by atoms with E-state index in [9.17, 15) is 19.3 Å². The first kappa shape index (κ1) is 13.7. The number of hydrogen-bond donors (Lipinski definition) is 1. The molecule has 1 aromatic carbocycles. The highest BCUT2D eigenvalue weighted by Gasteiger charge is 2.26. The molecule has 0 saturated carbocycles. The van der Waals surface area contributed by atoms with Crippen molar-refractivity contribution in [2.75, 3.05) is 0 Å². The second kappa shape index (κ2) is 4.72. The van der Waals surface area contributed by atoms with E-state index >= 15 is 0 Å². The Morgan fingerprint density at radius 1 is 1.45 bits per heavy atom. The van der Waals surface area contributed by atoms with E-state index in [2.05, 4.69) is 5.10 Å². The molecule has 0 unspecified atom stereocenters. The van der Waals surface area contributed by atoms with Gasteiger partial charge in [0.05, 0.1) is 10.6 Å². The maximum absolute atomic E-state index is 13.6. The van der Waals surface area contributed by atoms with Crippen molar-refractivity contribution < 1.29 is 19.2 Å². The third-order valence-electron chi connectivity index (χ3n) is 2.87. The molecule has 1 aromatic heterocycles. The Hall–Kier alpha value is -2.77. The van der Waals surface area contributed by atoms with E-state index in [1.807, 2.05) is 0 Å². The molecule has 0 aliphatic carbocycles. The summed E-state index contributed by atoms with van der Waals surface area (Å²) in [6.07, 6.45) is 0. The summed E-state index contributed by atoms with van der Waals surface area (Å²) in [6.45, 7) is 2.86. The third-order valence-corrected chi connectivity index (χ3v) is 2.87. The molecule has 0 fully saturated rings. The van der Waals surface area contributed by atoms with Crippen molar-refractivity contribution in [3.05, 3.63) is 51.1 Å². The molecule has 1 N–H and O–H groups in total. The smallest absolute Gasteiger partial charge is 0.340 e. The van der Waals surface area contributed by atoms with E-state index in [1.54, 1.807) is 0 Å². The largest absolute Gasteiger partial charge is 0.478 e. The molecule has 0 amide bonds. The molecule has 20 heavy (non-hydrogen) atoms. The molecule has 8 heteroatoms. The van der Waals surface area contributed by atoms with Gasteiger partial charge in [-0.25, -0.2) is 13.9 Å². The molecular weight excluding hydrogens is 269 g/mol. The van der Waals surface area contributed by atoms with Crippen LogP contribution in [0.2, 0.25) is 0 Å². The summed E-state index contributed by atoms with van der Waals surface area (Å²) in [6, 6.07) is 3.67. The number of aromatic carboxylic acids is 1. The normalized spacial score (nSPS) is 10.6. The van der Waals surface area contributed by atoms with Gasteiger partial charge in [-0.2, -0.15) is 5.10 Å². The average molecular weight is 279 g/mol. The lowest BCUT2D eigenvalue weighted by Crippen LogP contribution is -2.10. The number of aryl methyl sites for hydroxylation is 1. The minimum absolute atomic E-state index is 0.0498. The van der Waals surface area contributed by atoms with Crippen LogP contribution in [0.5, 0.6) is 0 Å². The van der Waals surface area contributed by atoms with Crippen molar-refractivity contribution in [2.45, 2.75) is 13.8 Å². The number of carboxylic acids is 1. The Morgan fingerprint density at radius 3 is 2.60 bits per heavy atom. The van der Waals surface area contributed by atoms with Crippen LogP contribution in [0, 0.1) is 29.8 Å². The lowest BCUT2D eigenvalue weighted by Gasteiger charge is -2.08. The minimum atomic E-state index is -1.46. The number of aromatic nitrogens is 2. The molecule has 0 aliphatic heterocycles. The van der Waals surface area contributed by atoms with Crippen LogP contribution in [-0.2, 0) is 0 Å². The van der Waals surface area contributed by atoms with E-state index in [4.69, 9.17) is 5.11 Å². The highest BCUT2D eigenvalue weighted by Crippen LogP contribution is 2.27. The number of hydrogen-bond acceptors (Lipinski definition) is 4. The van der Waals surface area contributed by atoms with Gasteiger partial charge in [0, 0.05) is 0 Å². The Morgan fingerprint density at radius 2 is 2.10 bits per heavy atom. The van der Waals surface area contributed by atoms with Gasteiger partial charge in [0.15, 0.2) is 0 Å². The molecule has 7 nitrogen and oxygen atoms in total. The average Bonchev–Trinajstić information content (AvgIpc) is 2.63. The maximum atomic E-state index is 13.6. The third kappa shape index (κ3) is 2.00. The Labute approximate surface area is 112 Å². The summed E-state index contributed by atoms with van der Waals surface area (Å²) < 4.78 is 14.7. The van der Waals surface area contributed by atoms with Crippen molar-refractivity contribution >= 4 is 11.7 Å². The second-order valence-corrected chi connectivity index (χ2v) is 4.13. The van der Waals surface area contributed by atoms with Crippen LogP contribution in [0.15, 0.2) is 18.2 Å². The Bertz CT molecular complexity index is 724. The zero-order valence-electron chi connectivity index (χ0n) is 10.6. The van der Waals surface area contributed by atoms with E-state index in [0.29, 0.717) is 0 Å². The lowest BCUT2D eigenvalue weighted by atomic mass is 10.1. The van der Waals surface area contributed by atoms with Crippen molar-refractivity contribution in [3.8, 4) is 5.69 Å². The first-order valence-corrected chi connectivity index (χ1v) is 5.57. The van der Waals surface area contributed by atoms with Crippen molar-refractivity contribution in [1.29, 1.82) is 0 Å². The predicted octanol–water partition coefficient (Wildman–Crippen LogP) is 2.23. The van der Waals surface area contributed by atoms with E-state index < -0.39 is 22.3 Å². The molecule has 0 aliphatic rings. The SMILES string of the molecule is Cc1nn(-c2cccc(F)c2C(=O)O)c(C)c1[N+](=O)[O-]. The molecular formula is C12H10FN3O4. The Kier molecular flexibility index (Phi) is 3.23. The van der Waals surface area contributed by atoms with Crippen LogP contribution in [0.4, 0.5) is 10.1 Å².